The fraction of sp³-hybridized carbons (Fsp3) is 0.364. The lowest BCUT2D eigenvalue weighted by molar-refractivity contribution is 0.249. The number of rotatable bonds is 3. The number of benzene rings is 1. The van der Waals surface area contributed by atoms with Crippen LogP contribution in [0.2, 0.25) is 0 Å². The quantitative estimate of drug-likeness (QED) is 0.869. The van der Waals surface area contributed by atoms with Gasteiger partial charge in [0.1, 0.15) is 0 Å². The third-order valence-electron chi connectivity index (χ3n) is 2.11. The second kappa shape index (κ2) is 5.75. The highest BCUT2D eigenvalue weighted by Gasteiger charge is 2.06. The molecule has 2 N–H and O–H groups in total. The van der Waals surface area contributed by atoms with Crippen molar-refractivity contribution in [3.05, 3.63) is 28.7 Å². The summed E-state index contributed by atoms with van der Waals surface area (Å²) in [4.78, 5) is 11.5. The molecule has 3 nitrogen and oxygen atoms in total. The van der Waals surface area contributed by atoms with E-state index in [9.17, 15) is 4.79 Å². The smallest absolute Gasteiger partial charge is 0.319 e. The summed E-state index contributed by atoms with van der Waals surface area (Å²) in [5.41, 5.74) is 0.776. The third-order valence-corrected chi connectivity index (χ3v) is 2.80. The third kappa shape index (κ3) is 3.91. The van der Waals surface area contributed by atoms with Crippen molar-refractivity contribution in [2.24, 2.45) is 0 Å². The van der Waals surface area contributed by atoms with E-state index in [2.05, 4.69) is 26.6 Å². The van der Waals surface area contributed by atoms with Crippen molar-refractivity contribution >= 4 is 27.6 Å². The maximum absolute atomic E-state index is 11.5. The fourth-order valence-corrected chi connectivity index (χ4v) is 1.43. The first kappa shape index (κ1) is 12.0. The Morgan fingerprint density at radius 1 is 1.47 bits per heavy atom. The molecule has 15 heavy (non-hydrogen) atoms. The van der Waals surface area contributed by atoms with Crippen LogP contribution in [0.4, 0.5) is 10.5 Å². The molecule has 1 unspecified atom stereocenters. The molecule has 0 aliphatic heterocycles. The molecule has 1 aromatic carbocycles. The highest BCUT2D eigenvalue weighted by Crippen LogP contribution is 2.20. The number of carbonyl (C=O) groups excluding carboxylic acids is 1. The van der Waals surface area contributed by atoms with E-state index in [4.69, 9.17) is 0 Å². The van der Waals surface area contributed by atoms with Crippen LogP contribution in [-0.4, -0.2) is 12.1 Å². The summed E-state index contributed by atoms with van der Waals surface area (Å²) in [6, 6.07) is 7.54. The van der Waals surface area contributed by atoms with Gasteiger partial charge in [-0.15, -0.1) is 0 Å². The fourth-order valence-electron chi connectivity index (χ4n) is 1.05. The maximum atomic E-state index is 11.5. The Balaban J connectivity index is 2.55. The van der Waals surface area contributed by atoms with Gasteiger partial charge in [-0.05, 0) is 41.4 Å². The van der Waals surface area contributed by atoms with Crippen molar-refractivity contribution in [1.29, 1.82) is 0 Å². The summed E-state index contributed by atoms with van der Waals surface area (Å²) < 4.78 is 0.879. The Morgan fingerprint density at radius 2 is 2.13 bits per heavy atom. The number of hydrogen-bond acceptors (Lipinski definition) is 1. The molecule has 0 aliphatic carbocycles. The molecule has 0 spiro atoms. The van der Waals surface area contributed by atoms with E-state index in [0.29, 0.717) is 0 Å². The van der Waals surface area contributed by atoms with E-state index in [1.807, 2.05) is 38.1 Å². The van der Waals surface area contributed by atoms with Crippen LogP contribution in [-0.2, 0) is 0 Å². The summed E-state index contributed by atoms with van der Waals surface area (Å²) in [7, 11) is 0. The molecular formula is C11H15BrN2O. The van der Waals surface area contributed by atoms with E-state index in [-0.39, 0.29) is 12.1 Å². The van der Waals surface area contributed by atoms with Crippen molar-refractivity contribution in [3.63, 3.8) is 0 Å². The Labute approximate surface area is 98.4 Å². The molecule has 82 valence electrons. The molecule has 1 atom stereocenters. The molecular weight excluding hydrogens is 256 g/mol. The van der Waals surface area contributed by atoms with Crippen LogP contribution in [0.5, 0.6) is 0 Å². The van der Waals surface area contributed by atoms with Gasteiger partial charge in [-0.25, -0.2) is 4.79 Å². The monoisotopic (exact) mass is 270 g/mol. The molecule has 4 heteroatoms. The minimum Gasteiger partial charge on any atom is -0.335 e. The largest absolute Gasteiger partial charge is 0.335 e. The minimum absolute atomic E-state index is 0.170. The molecule has 0 aliphatic rings. The van der Waals surface area contributed by atoms with E-state index >= 15 is 0 Å². The Bertz CT molecular complexity index is 341. The Morgan fingerprint density at radius 3 is 2.73 bits per heavy atom. The highest BCUT2D eigenvalue weighted by atomic mass is 79.9. The lowest BCUT2D eigenvalue weighted by Crippen LogP contribution is -2.35. The molecule has 2 amide bonds. The van der Waals surface area contributed by atoms with Gasteiger partial charge in [-0.3, -0.25) is 0 Å². The van der Waals surface area contributed by atoms with Gasteiger partial charge in [-0.1, -0.05) is 19.1 Å². The molecule has 1 aromatic rings. The number of amides is 2. The zero-order chi connectivity index (χ0) is 11.3. The standard InChI is InChI=1S/C11H15BrN2O/c1-3-8(2)13-11(15)14-10-7-5-4-6-9(10)12/h4-8H,3H2,1-2H3,(H2,13,14,15). The number of anilines is 1. The lowest BCUT2D eigenvalue weighted by atomic mass is 10.3. The summed E-state index contributed by atoms with van der Waals surface area (Å²) in [5.74, 6) is 0. The topological polar surface area (TPSA) is 41.1 Å². The molecule has 1 rings (SSSR count). The van der Waals surface area contributed by atoms with Gasteiger partial charge in [0.25, 0.3) is 0 Å². The first-order chi connectivity index (χ1) is 7.13. The van der Waals surface area contributed by atoms with Gasteiger partial charge in [0.05, 0.1) is 5.69 Å². The van der Waals surface area contributed by atoms with E-state index in [1.54, 1.807) is 0 Å². The maximum Gasteiger partial charge on any atom is 0.319 e. The summed E-state index contributed by atoms with van der Waals surface area (Å²) in [5, 5.41) is 5.61. The second-order valence-corrected chi connectivity index (χ2v) is 4.24. The summed E-state index contributed by atoms with van der Waals surface area (Å²) in [6.45, 7) is 4.00. The van der Waals surface area contributed by atoms with Crippen molar-refractivity contribution in [2.75, 3.05) is 5.32 Å². The molecule has 0 bridgehead atoms. The van der Waals surface area contributed by atoms with Gasteiger partial charge in [0.2, 0.25) is 0 Å². The zero-order valence-corrected chi connectivity index (χ0v) is 10.5. The SMILES string of the molecule is CCC(C)NC(=O)Nc1ccccc1Br. The number of urea groups is 1. The van der Waals surface area contributed by atoms with Crippen molar-refractivity contribution < 1.29 is 4.79 Å². The Hall–Kier alpha value is -1.03. The highest BCUT2D eigenvalue weighted by molar-refractivity contribution is 9.10. The van der Waals surface area contributed by atoms with Gasteiger partial charge >= 0.3 is 6.03 Å². The van der Waals surface area contributed by atoms with Crippen molar-refractivity contribution in [3.8, 4) is 0 Å². The van der Waals surface area contributed by atoms with Gasteiger partial charge in [-0.2, -0.15) is 0 Å². The van der Waals surface area contributed by atoms with E-state index in [0.717, 1.165) is 16.6 Å². The second-order valence-electron chi connectivity index (χ2n) is 3.39. The molecule has 0 radical (unpaired) electrons. The number of carbonyl (C=O) groups is 1. The lowest BCUT2D eigenvalue weighted by Gasteiger charge is -2.13. The first-order valence-corrected chi connectivity index (χ1v) is 5.74. The number of hydrogen-bond donors (Lipinski definition) is 2. The first-order valence-electron chi connectivity index (χ1n) is 4.95. The molecule has 0 fully saturated rings. The predicted molar refractivity (Wildman–Crippen MR) is 66.0 cm³/mol. The van der Waals surface area contributed by atoms with Gasteiger partial charge < -0.3 is 10.6 Å². The summed E-state index contributed by atoms with van der Waals surface area (Å²) in [6.07, 6.45) is 0.920. The van der Waals surface area contributed by atoms with Crippen LogP contribution in [0.25, 0.3) is 0 Å². The minimum atomic E-state index is -0.170. The molecule has 0 saturated carbocycles. The van der Waals surface area contributed by atoms with E-state index in [1.165, 1.54) is 0 Å². The molecule has 0 heterocycles. The van der Waals surface area contributed by atoms with Crippen LogP contribution in [0.15, 0.2) is 28.7 Å². The van der Waals surface area contributed by atoms with Crippen molar-refractivity contribution in [2.45, 2.75) is 26.3 Å². The average Bonchev–Trinajstić information content (AvgIpc) is 2.21. The zero-order valence-electron chi connectivity index (χ0n) is 8.88. The van der Waals surface area contributed by atoms with Gasteiger partial charge in [0, 0.05) is 10.5 Å². The van der Waals surface area contributed by atoms with Crippen LogP contribution < -0.4 is 10.6 Å². The van der Waals surface area contributed by atoms with Crippen LogP contribution in [0, 0.1) is 0 Å². The molecule has 0 saturated heterocycles. The van der Waals surface area contributed by atoms with Crippen LogP contribution in [0.1, 0.15) is 20.3 Å². The number of para-hydroxylation sites is 1. The van der Waals surface area contributed by atoms with E-state index < -0.39 is 0 Å². The predicted octanol–water partition coefficient (Wildman–Crippen LogP) is 3.37. The van der Waals surface area contributed by atoms with Crippen LogP contribution in [0.3, 0.4) is 0 Å². The normalized spacial score (nSPS) is 11.9. The van der Waals surface area contributed by atoms with Crippen molar-refractivity contribution in [1.82, 2.24) is 5.32 Å². The van der Waals surface area contributed by atoms with Gasteiger partial charge in [0.15, 0.2) is 0 Å². The number of nitrogens with one attached hydrogen (secondary N) is 2. The van der Waals surface area contributed by atoms with Crippen LogP contribution >= 0.6 is 15.9 Å². The number of halogens is 1. The molecule has 0 aromatic heterocycles. The Kier molecular flexibility index (Phi) is 4.62. The average molecular weight is 271 g/mol. The summed E-state index contributed by atoms with van der Waals surface area (Å²) >= 11 is 3.37.